The summed E-state index contributed by atoms with van der Waals surface area (Å²) in [4.78, 5) is 13.5. The van der Waals surface area contributed by atoms with E-state index in [1.165, 1.54) is 12.1 Å². The summed E-state index contributed by atoms with van der Waals surface area (Å²) in [5.74, 6) is -0.875. The zero-order valence-electron chi connectivity index (χ0n) is 11.2. The lowest BCUT2D eigenvalue weighted by Gasteiger charge is -2.06. The van der Waals surface area contributed by atoms with E-state index in [1.807, 2.05) is 0 Å². The Morgan fingerprint density at radius 1 is 1.14 bits per heavy atom. The predicted octanol–water partition coefficient (Wildman–Crippen LogP) is 1.51. The van der Waals surface area contributed by atoms with Crippen LogP contribution in [0.5, 0.6) is 0 Å². The van der Waals surface area contributed by atoms with Gasteiger partial charge in [-0.2, -0.15) is 0 Å². The summed E-state index contributed by atoms with van der Waals surface area (Å²) in [5, 5.41) is 8.61. The molecule has 0 radical (unpaired) electrons. The maximum Gasteiger partial charge on any atom is 0.303 e. The number of aromatic nitrogens is 1. The molecule has 0 spiro atoms. The lowest BCUT2D eigenvalue weighted by molar-refractivity contribution is -0.136. The molecule has 0 saturated carbocycles. The predicted molar refractivity (Wildman–Crippen MR) is 77.2 cm³/mol. The van der Waals surface area contributed by atoms with Gasteiger partial charge in [0.05, 0.1) is 4.90 Å². The number of aryl methyl sites for hydroxylation is 1. The van der Waals surface area contributed by atoms with Crippen molar-refractivity contribution in [1.29, 1.82) is 0 Å². The van der Waals surface area contributed by atoms with Gasteiger partial charge < -0.3 is 10.1 Å². The van der Waals surface area contributed by atoms with Gasteiger partial charge in [-0.15, -0.1) is 0 Å². The molecular weight excluding hydrogens is 292 g/mol. The van der Waals surface area contributed by atoms with Crippen molar-refractivity contribution >= 4 is 16.0 Å². The average Bonchev–Trinajstić information content (AvgIpc) is 2.97. The highest BCUT2D eigenvalue weighted by Gasteiger charge is 2.13. The Morgan fingerprint density at radius 3 is 2.43 bits per heavy atom. The number of aromatic amines is 1. The molecule has 0 unspecified atom stereocenters. The smallest absolute Gasteiger partial charge is 0.303 e. The molecule has 1 heterocycles. The van der Waals surface area contributed by atoms with Crippen LogP contribution in [-0.2, 0) is 27.8 Å². The van der Waals surface area contributed by atoms with Gasteiger partial charge in [-0.25, -0.2) is 13.1 Å². The monoisotopic (exact) mass is 308 g/mol. The molecule has 0 saturated heterocycles. The number of carboxylic acid groups (broad SMARTS) is 1. The minimum absolute atomic E-state index is 0.0256. The number of H-pyrrole nitrogens is 1. The first-order valence-corrected chi connectivity index (χ1v) is 7.88. The summed E-state index contributed by atoms with van der Waals surface area (Å²) in [6, 6.07) is 8.02. The van der Waals surface area contributed by atoms with Gasteiger partial charge in [0.1, 0.15) is 0 Å². The highest BCUT2D eigenvalue weighted by molar-refractivity contribution is 7.89. The molecule has 2 aromatic rings. The Morgan fingerprint density at radius 2 is 1.86 bits per heavy atom. The molecule has 0 amide bonds. The minimum atomic E-state index is -3.56. The number of carbonyl (C=O) groups is 1. The first kappa shape index (κ1) is 15.3. The van der Waals surface area contributed by atoms with Crippen molar-refractivity contribution in [2.45, 2.75) is 24.3 Å². The van der Waals surface area contributed by atoms with Gasteiger partial charge in [-0.3, -0.25) is 4.79 Å². The zero-order chi connectivity index (χ0) is 15.3. The number of sulfonamides is 1. The molecule has 3 N–H and O–H groups in total. The molecule has 6 nitrogen and oxygen atoms in total. The summed E-state index contributed by atoms with van der Waals surface area (Å²) in [6.45, 7) is 0.215. The van der Waals surface area contributed by atoms with Gasteiger partial charge in [-0.1, -0.05) is 12.1 Å². The second-order valence-corrected chi connectivity index (χ2v) is 6.35. The van der Waals surface area contributed by atoms with Crippen molar-refractivity contribution in [3.8, 4) is 0 Å². The third-order valence-corrected chi connectivity index (χ3v) is 4.41. The van der Waals surface area contributed by atoms with E-state index in [0.717, 1.165) is 11.1 Å². The van der Waals surface area contributed by atoms with E-state index in [4.69, 9.17) is 5.11 Å². The number of rotatable bonds is 7. The van der Waals surface area contributed by atoms with E-state index in [-0.39, 0.29) is 17.9 Å². The standard InChI is InChI=1S/C14H16N2O4S/c17-14(18)6-3-11-1-4-13(5-2-11)21(19,20)16-10-12-7-8-15-9-12/h1-2,4-5,7-9,15-16H,3,6,10H2,(H,17,18). The van der Waals surface area contributed by atoms with Crippen LogP contribution >= 0.6 is 0 Å². The molecule has 1 aromatic carbocycles. The lowest BCUT2D eigenvalue weighted by Crippen LogP contribution is -2.23. The molecule has 1 aromatic heterocycles. The molecule has 2 rings (SSSR count). The maximum absolute atomic E-state index is 12.1. The summed E-state index contributed by atoms with van der Waals surface area (Å²) < 4.78 is 26.7. The quantitative estimate of drug-likeness (QED) is 0.722. The van der Waals surface area contributed by atoms with Gasteiger partial charge in [0, 0.05) is 25.4 Å². The van der Waals surface area contributed by atoms with E-state index >= 15 is 0 Å². The Balaban J connectivity index is 2.01. The van der Waals surface area contributed by atoms with Crippen LogP contribution in [0.3, 0.4) is 0 Å². The van der Waals surface area contributed by atoms with Gasteiger partial charge in [0.15, 0.2) is 0 Å². The van der Waals surface area contributed by atoms with Gasteiger partial charge in [0.2, 0.25) is 10.0 Å². The SMILES string of the molecule is O=C(O)CCc1ccc(S(=O)(=O)NCc2cc[nH]c2)cc1. The lowest BCUT2D eigenvalue weighted by atomic mass is 10.1. The molecule has 0 aliphatic carbocycles. The molecule has 7 heteroatoms. The molecular formula is C14H16N2O4S. The fourth-order valence-corrected chi connectivity index (χ4v) is 2.83. The molecule has 0 aliphatic rings. The highest BCUT2D eigenvalue weighted by atomic mass is 32.2. The summed E-state index contributed by atoms with van der Waals surface area (Å²) in [6.07, 6.45) is 3.85. The Kier molecular flexibility index (Phi) is 4.77. The van der Waals surface area contributed by atoms with Gasteiger partial charge >= 0.3 is 5.97 Å². The molecule has 21 heavy (non-hydrogen) atoms. The van der Waals surface area contributed by atoms with E-state index in [9.17, 15) is 13.2 Å². The first-order chi connectivity index (χ1) is 9.97. The average molecular weight is 308 g/mol. The number of aliphatic carboxylic acids is 1. The van der Waals surface area contributed by atoms with Crippen LogP contribution in [0.2, 0.25) is 0 Å². The van der Waals surface area contributed by atoms with Crippen LogP contribution in [0.1, 0.15) is 17.5 Å². The van der Waals surface area contributed by atoms with Crippen LogP contribution in [0.15, 0.2) is 47.6 Å². The van der Waals surface area contributed by atoms with Crippen LogP contribution < -0.4 is 4.72 Å². The Bertz CT molecular complexity index is 691. The van der Waals surface area contributed by atoms with Crippen molar-refractivity contribution < 1.29 is 18.3 Å². The maximum atomic E-state index is 12.1. The van der Waals surface area contributed by atoms with Crippen LogP contribution in [0.4, 0.5) is 0 Å². The third kappa shape index (κ3) is 4.44. The van der Waals surface area contributed by atoms with Crippen molar-refractivity contribution in [1.82, 2.24) is 9.71 Å². The largest absolute Gasteiger partial charge is 0.481 e. The minimum Gasteiger partial charge on any atom is -0.481 e. The Hall–Kier alpha value is -2.12. The number of carboxylic acids is 1. The first-order valence-electron chi connectivity index (χ1n) is 6.39. The van der Waals surface area contributed by atoms with Gasteiger partial charge in [0.25, 0.3) is 0 Å². The molecule has 0 fully saturated rings. The van der Waals surface area contributed by atoms with Crippen LogP contribution in [-0.4, -0.2) is 24.5 Å². The fourth-order valence-electron chi connectivity index (χ4n) is 1.82. The number of hydrogen-bond acceptors (Lipinski definition) is 3. The molecule has 0 aliphatic heterocycles. The third-order valence-electron chi connectivity index (χ3n) is 2.99. The van der Waals surface area contributed by atoms with E-state index in [2.05, 4.69) is 9.71 Å². The van der Waals surface area contributed by atoms with E-state index < -0.39 is 16.0 Å². The molecule has 0 atom stereocenters. The number of hydrogen-bond donors (Lipinski definition) is 3. The van der Waals surface area contributed by atoms with Crippen LogP contribution in [0.25, 0.3) is 0 Å². The fraction of sp³-hybridized carbons (Fsp3) is 0.214. The second kappa shape index (κ2) is 6.55. The topological polar surface area (TPSA) is 99.3 Å². The summed E-state index contributed by atoms with van der Waals surface area (Å²) in [7, 11) is -3.56. The van der Waals surface area contributed by atoms with Crippen molar-refractivity contribution in [3.05, 3.63) is 53.9 Å². The normalized spacial score (nSPS) is 11.4. The summed E-state index contributed by atoms with van der Waals surface area (Å²) in [5.41, 5.74) is 1.64. The van der Waals surface area contributed by atoms with Crippen LogP contribution in [0, 0.1) is 0 Å². The van der Waals surface area contributed by atoms with Crippen molar-refractivity contribution in [2.24, 2.45) is 0 Å². The van der Waals surface area contributed by atoms with Crippen molar-refractivity contribution in [3.63, 3.8) is 0 Å². The second-order valence-electron chi connectivity index (χ2n) is 4.58. The van der Waals surface area contributed by atoms with E-state index in [1.54, 1.807) is 30.6 Å². The summed E-state index contributed by atoms with van der Waals surface area (Å²) >= 11 is 0. The van der Waals surface area contributed by atoms with Gasteiger partial charge in [-0.05, 0) is 35.7 Å². The molecule has 0 bridgehead atoms. The Labute approximate surface area is 122 Å². The number of nitrogens with one attached hydrogen (secondary N) is 2. The molecule has 112 valence electrons. The van der Waals surface area contributed by atoms with E-state index in [0.29, 0.717) is 6.42 Å². The number of benzene rings is 1. The zero-order valence-corrected chi connectivity index (χ0v) is 12.1. The highest BCUT2D eigenvalue weighted by Crippen LogP contribution is 2.12. The van der Waals surface area contributed by atoms with Crippen molar-refractivity contribution in [2.75, 3.05) is 0 Å².